The molecule has 0 spiro atoms. The Bertz CT molecular complexity index is 774. The topological polar surface area (TPSA) is 123 Å². The Morgan fingerprint density at radius 3 is 2.72 bits per heavy atom. The Balaban J connectivity index is 2.07. The van der Waals surface area contributed by atoms with Crippen LogP contribution in [0.1, 0.15) is 33.6 Å². The number of amides is 1. The lowest BCUT2D eigenvalue weighted by Gasteiger charge is -2.39. The van der Waals surface area contributed by atoms with Crippen molar-refractivity contribution in [2.75, 3.05) is 26.4 Å². The van der Waals surface area contributed by atoms with Crippen molar-refractivity contribution in [2.45, 2.75) is 51.0 Å². The van der Waals surface area contributed by atoms with Gasteiger partial charge in [0.2, 0.25) is 11.6 Å². The van der Waals surface area contributed by atoms with Gasteiger partial charge in [0, 0.05) is 42.7 Å². The smallest absolute Gasteiger partial charge is 0.341 e. The molecule has 2 saturated heterocycles. The van der Waals surface area contributed by atoms with Gasteiger partial charge >= 0.3 is 11.9 Å². The Kier molecular flexibility index (Phi) is 5.84. The summed E-state index contributed by atoms with van der Waals surface area (Å²) >= 11 is 0. The first kappa shape index (κ1) is 21.5. The number of allylic oxidation sites excluding steroid dienone is 1. The van der Waals surface area contributed by atoms with Crippen LogP contribution in [0.25, 0.3) is 0 Å². The summed E-state index contributed by atoms with van der Waals surface area (Å²) in [6.45, 7) is 4.30. The predicted molar refractivity (Wildman–Crippen MR) is 99.2 cm³/mol. The van der Waals surface area contributed by atoms with Crippen LogP contribution in [0.2, 0.25) is 0 Å². The second-order valence-electron chi connectivity index (χ2n) is 7.55. The maximum atomic E-state index is 12.9. The number of carbonyl (C=O) groups is 3. The lowest BCUT2D eigenvalue weighted by atomic mass is 9.84. The highest BCUT2D eigenvalue weighted by Crippen LogP contribution is 2.44. The van der Waals surface area contributed by atoms with Crippen molar-refractivity contribution in [1.82, 2.24) is 4.90 Å². The number of rotatable bonds is 3. The molecule has 4 atom stereocenters. The lowest BCUT2D eigenvalue weighted by Crippen LogP contribution is -2.55. The molecule has 0 aromatic heterocycles. The van der Waals surface area contributed by atoms with Crippen LogP contribution in [0.3, 0.4) is 0 Å². The van der Waals surface area contributed by atoms with Crippen molar-refractivity contribution in [3.63, 3.8) is 0 Å². The number of aliphatic hydroxyl groups excluding tert-OH is 1. The average molecular weight is 409 g/mol. The maximum absolute atomic E-state index is 12.9. The van der Waals surface area contributed by atoms with Crippen LogP contribution in [-0.2, 0) is 28.6 Å². The fraction of sp³-hybridized carbons (Fsp3) is 0.650. The standard InChI is InChI=1S/C20H27NO8/c1-4-13-8-12(3)19(26,11-22)18(25)27-10-14-9-16(23)21-7-6-15(29-17(13)24)20(14,21)28-5-2/h4,9,12,15,22,26H,5-8,10-11H2,1-3H3. The predicted octanol–water partition coefficient (Wildman–Crippen LogP) is 0.0560. The van der Waals surface area contributed by atoms with E-state index in [2.05, 4.69) is 0 Å². The SMILES string of the molecule is CC=C1CC(C)C(O)(CO)C(=O)OCC2=CC(=O)N3CCC(OC1=O)C23OCC. The van der Waals surface area contributed by atoms with E-state index in [0.717, 1.165) is 0 Å². The minimum atomic E-state index is -2.20. The number of cyclic esters (lactones) is 1. The Hall–Kier alpha value is -2.23. The molecule has 160 valence electrons. The Labute approximate surface area is 168 Å². The fourth-order valence-corrected chi connectivity index (χ4v) is 4.25. The van der Waals surface area contributed by atoms with Crippen molar-refractivity contribution in [3.8, 4) is 0 Å². The van der Waals surface area contributed by atoms with Crippen molar-refractivity contribution < 1.29 is 38.8 Å². The highest BCUT2D eigenvalue weighted by Gasteiger charge is 2.60. The van der Waals surface area contributed by atoms with E-state index < -0.39 is 41.9 Å². The summed E-state index contributed by atoms with van der Waals surface area (Å²) in [6, 6.07) is 0. The summed E-state index contributed by atoms with van der Waals surface area (Å²) in [4.78, 5) is 39.5. The molecule has 0 aromatic rings. The molecule has 3 aliphatic heterocycles. The second kappa shape index (κ2) is 7.89. The zero-order valence-electron chi connectivity index (χ0n) is 16.8. The zero-order valence-corrected chi connectivity index (χ0v) is 16.8. The highest BCUT2D eigenvalue weighted by molar-refractivity contribution is 5.94. The zero-order chi connectivity index (χ0) is 21.4. The fourth-order valence-electron chi connectivity index (χ4n) is 4.25. The molecule has 0 saturated carbocycles. The molecule has 3 heterocycles. The van der Waals surface area contributed by atoms with Gasteiger partial charge < -0.3 is 29.3 Å². The van der Waals surface area contributed by atoms with Gasteiger partial charge in [-0.2, -0.15) is 0 Å². The van der Waals surface area contributed by atoms with Crippen LogP contribution < -0.4 is 0 Å². The van der Waals surface area contributed by atoms with Crippen LogP contribution in [0, 0.1) is 5.92 Å². The third-order valence-electron chi connectivity index (χ3n) is 6.00. The number of hydrogen-bond donors (Lipinski definition) is 2. The highest BCUT2D eigenvalue weighted by atomic mass is 16.6. The van der Waals surface area contributed by atoms with Crippen LogP contribution in [0.15, 0.2) is 23.3 Å². The van der Waals surface area contributed by atoms with Gasteiger partial charge in [-0.05, 0) is 20.3 Å². The van der Waals surface area contributed by atoms with Crippen molar-refractivity contribution in [2.24, 2.45) is 5.92 Å². The molecule has 2 fully saturated rings. The van der Waals surface area contributed by atoms with Crippen molar-refractivity contribution >= 4 is 17.8 Å². The number of esters is 2. The van der Waals surface area contributed by atoms with Gasteiger partial charge in [-0.15, -0.1) is 0 Å². The van der Waals surface area contributed by atoms with E-state index in [1.165, 1.54) is 11.0 Å². The Morgan fingerprint density at radius 1 is 1.38 bits per heavy atom. The molecular formula is C20H27NO8. The van der Waals surface area contributed by atoms with Crippen LogP contribution in [0.5, 0.6) is 0 Å². The molecule has 9 nitrogen and oxygen atoms in total. The van der Waals surface area contributed by atoms with E-state index >= 15 is 0 Å². The van der Waals surface area contributed by atoms with Crippen molar-refractivity contribution in [3.05, 3.63) is 23.3 Å². The molecule has 0 aliphatic carbocycles. The minimum absolute atomic E-state index is 0.00118. The average Bonchev–Trinajstić information content (AvgIpc) is 3.18. The quantitative estimate of drug-likeness (QED) is 0.495. The van der Waals surface area contributed by atoms with Gasteiger partial charge in [-0.1, -0.05) is 13.0 Å². The van der Waals surface area contributed by atoms with Gasteiger partial charge in [0.25, 0.3) is 0 Å². The van der Waals surface area contributed by atoms with Crippen LogP contribution in [-0.4, -0.2) is 76.8 Å². The molecule has 4 unspecified atom stereocenters. The Morgan fingerprint density at radius 2 is 2.10 bits per heavy atom. The van der Waals surface area contributed by atoms with Gasteiger partial charge in [-0.25, -0.2) is 9.59 Å². The van der Waals surface area contributed by atoms with E-state index in [9.17, 15) is 24.6 Å². The molecule has 2 N–H and O–H groups in total. The molecule has 29 heavy (non-hydrogen) atoms. The molecule has 0 aromatic carbocycles. The van der Waals surface area contributed by atoms with E-state index in [1.54, 1.807) is 26.8 Å². The number of ether oxygens (including phenoxy) is 3. The van der Waals surface area contributed by atoms with Crippen LogP contribution in [0.4, 0.5) is 0 Å². The third-order valence-corrected chi connectivity index (χ3v) is 6.00. The normalized spacial score (nSPS) is 36.9. The maximum Gasteiger partial charge on any atom is 0.341 e. The van der Waals surface area contributed by atoms with Gasteiger partial charge in [0.05, 0.1) is 6.61 Å². The number of aliphatic hydroxyl groups is 2. The van der Waals surface area contributed by atoms with E-state index in [-0.39, 0.29) is 31.1 Å². The minimum Gasteiger partial charge on any atom is -0.459 e. The first-order chi connectivity index (χ1) is 13.7. The summed E-state index contributed by atoms with van der Waals surface area (Å²) in [5, 5.41) is 20.4. The number of nitrogens with zero attached hydrogens (tertiary/aromatic N) is 1. The van der Waals surface area contributed by atoms with Crippen molar-refractivity contribution in [1.29, 1.82) is 0 Å². The van der Waals surface area contributed by atoms with Crippen LogP contribution >= 0.6 is 0 Å². The molecule has 1 amide bonds. The number of hydrogen-bond acceptors (Lipinski definition) is 8. The van der Waals surface area contributed by atoms with E-state index in [1.807, 2.05) is 0 Å². The second-order valence-corrected chi connectivity index (χ2v) is 7.55. The summed E-state index contributed by atoms with van der Waals surface area (Å²) in [5.74, 6) is -2.77. The molecule has 0 bridgehead atoms. The summed E-state index contributed by atoms with van der Waals surface area (Å²) in [6.07, 6.45) is 2.49. The lowest BCUT2D eigenvalue weighted by molar-refractivity contribution is -0.189. The first-order valence-corrected chi connectivity index (χ1v) is 9.77. The number of carbonyl (C=O) groups excluding carboxylic acids is 3. The monoisotopic (exact) mass is 409 g/mol. The summed E-state index contributed by atoms with van der Waals surface area (Å²) in [5.41, 5.74) is -2.96. The molecule has 0 radical (unpaired) electrons. The third kappa shape index (κ3) is 3.27. The summed E-state index contributed by atoms with van der Waals surface area (Å²) < 4.78 is 17.0. The van der Waals surface area contributed by atoms with Gasteiger partial charge in [0.15, 0.2) is 11.7 Å². The molecule has 3 rings (SSSR count). The van der Waals surface area contributed by atoms with E-state index in [4.69, 9.17) is 14.2 Å². The molecule has 3 aliphatic rings. The van der Waals surface area contributed by atoms with Gasteiger partial charge in [0.1, 0.15) is 6.61 Å². The molecular weight excluding hydrogens is 382 g/mol. The van der Waals surface area contributed by atoms with E-state index in [0.29, 0.717) is 18.5 Å². The largest absolute Gasteiger partial charge is 0.459 e. The van der Waals surface area contributed by atoms with Gasteiger partial charge in [-0.3, -0.25) is 4.79 Å². The summed E-state index contributed by atoms with van der Waals surface area (Å²) in [7, 11) is 0. The molecule has 9 heteroatoms. The first-order valence-electron chi connectivity index (χ1n) is 9.77.